The van der Waals surface area contributed by atoms with Gasteiger partial charge in [-0.25, -0.2) is 0 Å². The van der Waals surface area contributed by atoms with Gasteiger partial charge in [0.15, 0.2) is 0 Å². The fourth-order valence-corrected chi connectivity index (χ4v) is 2.33. The van der Waals surface area contributed by atoms with Crippen LogP contribution in [0.25, 0.3) is 27.6 Å². The molecule has 0 heterocycles. The summed E-state index contributed by atoms with van der Waals surface area (Å²) < 4.78 is 0. The molecule has 3 aromatic carbocycles. The molecule has 3 rings (SSSR count). The molecule has 0 aliphatic heterocycles. The second-order valence-electron chi connectivity index (χ2n) is 4.18. The number of hydrogen-bond acceptors (Lipinski definition) is 1. The van der Waals surface area contributed by atoms with Crippen molar-refractivity contribution in [3.63, 3.8) is 0 Å². The maximum absolute atomic E-state index is 10.3. The standard InChI is InChI=1S/C17H11O/c18-12-4-7-13-6-3-9-17-15-8-2-1-5-14(15)10-11-16(13)17/h1-11H/b7-4+. The van der Waals surface area contributed by atoms with Gasteiger partial charge in [-0.05, 0) is 33.2 Å². The van der Waals surface area contributed by atoms with Gasteiger partial charge in [0.05, 0.1) is 0 Å². The van der Waals surface area contributed by atoms with Crippen LogP contribution >= 0.6 is 0 Å². The van der Waals surface area contributed by atoms with E-state index in [0.717, 1.165) is 10.9 Å². The Balaban J connectivity index is 2.39. The van der Waals surface area contributed by atoms with E-state index in [2.05, 4.69) is 30.3 Å². The van der Waals surface area contributed by atoms with Crippen LogP contribution in [0.4, 0.5) is 0 Å². The van der Waals surface area contributed by atoms with Crippen molar-refractivity contribution in [1.82, 2.24) is 0 Å². The summed E-state index contributed by atoms with van der Waals surface area (Å²) in [5.74, 6) is 0. The summed E-state index contributed by atoms with van der Waals surface area (Å²) in [4.78, 5) is 10.3. The topological polar surface area (TPSA) is 17.1 Å². The Hall–Kier alpha value is -2.41. The smallest absolute Gasteiger partial charge is 0.225 e. The van der Waals surface area contributed by atoms with Crippen LogP contribution in [0.3, 0.4) is 0 Å². The molecule has 0 aliphatic rings. The van der Waals surface area contributed by atoms with Gasteiger partial charge in [0.2, 0.25) is 6.29 Å². The molecule has 1 radical (unpaired) electrons. The molecular weight excluding hydrogens is 220 g/mol. The Morgan fingerprint density at radius 3 is 2.50 bits per heavy atom. The van der Waals surface area contributed by atoms with Crippen molar-refractivity contribution in [3.05, 3.63) is 66.2 Å². The average Bonchev–Trinajstić information content (AvgIpc) is 2.44. The van der Waals surface area contributed by atoms with Gasteiger partial charge in [0.25, 0.3) is 0 Å². The molecule has 0 atom stereocenters. The van der Waals surface area contributed by atoms with Crippen molar-refractivity contribution in [1.29, 1.82) is 0 Å². The highest BCUT2D eigenvalue weighted by atomic mass is 16.1. The quantitative estimate of drug-likeness (QED) is 0.479. The van der Waals surface area contributed by atoms with Crippen LogP contribution < -0.4 is 0 Å². The Morgan fingerprint density at radius 2 is 1.61 bits per heavy atom. The van der Waals surface area contributed by atoms with Crippen LogP contribution in [-0.4, -0.2) is 6.29 Å². The summed E-state index contributed by atoms with van der Waals surface area (Å²) in [6.07, 6.45) is 4.99. The minimum atomic E-state index is 1.04. The van der Waals surface area contributed by atoms with E-state index in [0.29, 0.717) is 0 Å². The molecule has 0 aliphatic carbocycles. The number of rotatable bonds is 2. The lowest BCUT2D eigenvalue weighted by atomic mass is 9.98. The second kappa shape index (κ2) is 4.46. The molecule has 0 fully saturated rings. The van der Waals surface area contributed by atoms with Crippen LogP contribution in [0.1, 0.15) is 5.56 Å². The monoisotopic (exact) mass is 231 g/mol. The number of hydrogen-bond donors (Lipinski definition) is 0. The molecule has 0 amide bonds. The van der Waals surface area contributed by atoms with Gasteiger partial charge in [-0.3, -0.25) is 4.79 Å². The van der Waals surface area contributed by atoms with Crippen LogP contribution in [0.5, 0.6) is 0 Å². The summed E-state index contributed by atoms with van der Waals surface area (Å²) in [6.45, 7) is 0. The minimum absolute atomic E-state index is 1.04. The van der Waals surface area contributed by atoms with Gasteiger partial charge in [-0.2, -0.15) is 0 Å². The molecule has 1 nitrogen and oxygen atoms in total. The van der Waals surface area contributed by atoms with Gasteiger partial charge in [-0.15, -0.1) is 0 Å². The summed E-state index contributed by atoms with van der Waals surface area (Å²) in [5, 5.41) is 4.83. The Kier molecular flexibility index (Phi) is 2.66. The minimum Gasteiger partial charge on any atom is -0.286 e. The van der Waals surface area contributed by atoms with Crippen LogP contribution in [-0.2, 0) is 4.79 Å². The van der Waals surface area contributed by atoms with E-state index in [1.165, 1.54) is 22.2 Å². The Labute approximate surface area is 105 Å². The third-order valence-electron chi connectivity index (χ3n) is 3.15. The highest BCUT2D eigenvalue weighted by molar-refractivity contribution is 6.09. The van der Waals surface area contributed by atoms with Gasteiger partial charge in [0, 0.05) is 0 Å². The largest absolute Gasteiger partial charge is 0.286 e. The summed E-state index contributed by atoms with van der Waals surface area (Å²) >= 11 is 0. The molecule has 0 N–H and O–H groups in total. The SMILES string of the molecule is O=[C]/C=C/c1cccc2c1ccc1ccccc12. The highest BCUT2D eigenvalue weighted by Crippen LogP contribution is 2.28. The van der Waals surface area contributed by atoms with Crippen molar-refractivity contribution in [2.45, 2.75) is 0 Å². The van der Waals surface area contributed by atoms with Gasteiger partial charge >= 0.3 is 0 Å². The van der Waals surface area contributed by atoms with Crippen molar-refractivity contribution in [2.24, 2.45) is 0 Å². The van der Waals surface area contributed by atoms with Crippen molar-refractivity contribution < 1.29 is 4.79 Å². The summed E-state index contributed by atoms with van der Waals surface area (Å²) in [6, 6.07) is 18.7. The number of carbonyl (C=O) groups excluding carboxylic acids is 1. The van der Waals surface area contributed by atoms with E-state index in [4.69, 9.17) is 0 Å². The van der Waals surface area contributed by atoms with E-state index in [1.807, 2.05) is 24.3 Å². The third kappa shape index (κ3) is 1.70. The predicted octanol–water partition coefficient (Wildman–Crippen LogP) is 4.12. The maximum Gasteiger partial charge on any atom is 0.225 e. The normalized spacial score (nSPS) is 11.3. The fraction of sp³-hybridized carbons (Fsp3) is 0. The molecule has 0 saturated carbocycles. The molecule has 1 heteroatoms. The first-order chi connectivity index (χ1) is 8.90. The Morgan fingerprint density at radius 1 is 0.778 bits per heavy atom. The van der Waals surface area contributed by atoms with Crippen molar-refractivity contribution in [2.75, 3.05) is 0 Å². The molecule has 85 valence electrons. The van der Waals surface area contributed by atoms with Gasteiger partial charge < -0.3 is 0 Å². The lowest BCUT2D eigenvalue weighted by molar-refractivity contribution is 0.564. The van der Waals surface area contributed by atoms with E-state index in [-0.39, 0.29) is 0 Å². The molecule has 0 bridgehead atoms. The lowest BCUT2D eigenvalue weighted by Crippen LogP contribution is -1.81. The zero-order chi connectivity index (χ0) is 12.4. The van der Waals surface area contributed by atoms with Gasteiger partial charge in [-0.1, -0.05) is 60.7 Å². The number of benzene rings is 3. The zero-order valence-corrected chi connectivity index (χ0v) is 9.76. The molecule has 18 heavy (non-hydrogen) atoms. The van der Waals surface area contributed by atoms with Crippen LogP contribution in [0.15, 0.2) is 60.7 Å². The first-order valence-electron chi connectivity index (χ1n) is 5.85. The number of allylic oxidation sites excluding steroid dienone is 1. The third-order valence-corrected chi connectivity index (χ3v) is 3.15. The second-order valence-corrected chi connectivity index (χ2v) is 4.18. The van der Waals surface area contributed by atoms with E-state index in [1.54, 1.807) is 12.4 Å². The molecule has 0 unspecified atom stereocenters. The van der Waals surface area contributed by atoms with Crippen LogP contribution in [0, 0.1) is 0 Å². The van der Waals surface area contributed by atoms with E-state index in [9.17, 15) is 4.79 Å². The maximum atomic E-state index is 10.3. The zero-order valence-electron chi connectivity index (χ0n) is 9.76. The van der Waals surface area contributed by atoms with Crippen molar-refractivity contribution in [3.8, 4) is 0 Å². The highest BCUT2D eigenvalue weighted by Gasteiger charge is 2.02. The van der Waals surface area contributed by atoms with Gasteiger partial charge in [0.1, 0.15) is 0 Å². The van der Waals surface area contributed by atoms with Crippen LogP contribution in [0.2, 0.25) is 0 Å². The fourth-order valence-electron chi connectivity index (χ4n) is 2.33. The molecule has 0 saturated heterocycles. The predicted molar refractivity (Wildman–Crippen MR) is 76.2 cm³/mol. The molecule has 0 spiro atoms. The molecule has 3 aromatic rings. The lowest BCUT2D eigenvalue weighted by Gasteiger charge is -2.06. The summed E-state index contributed by atoms with van der Waals surface area (Å²) in [5.41, 5.74) is 1.04. The van der Waals surface area contributed by atoms with E-state index >= 15 is 0 Å². The van der Waals surface area contributed by atoms with E-state index < -0.39 is 0 Å². The Bertz CT molecular complexity index is 754. The molecule has 0 aromatic heterocycles. The first-order valence-corrected chi connectivity index (χ1v) is 5.85. The average molecular weight is 231 g/mol. The first kappa shape index (κ1) is 10.7. The summed E-state index contributed by atoms with van der Waals surface area (Å²) in [7, 11) is 0. The number of fused-ring (bicyclic) bond motifs is 3. The molecular formula is C17H11O. The van der Waals surface area contributed by atoms with Crippen molar-refractivity contribution >= 4 is 33.9 Å².